The fraction of sp³-hybridized carbons (Fsp3) is 0.258. The van der Waals surface area contributed by atoms with Gasteiger partial charge in [0.05, 0.1) is 19.2 Å². The normalized spacial score (nSPS) is 14.5. The monoisotopic (exact) mass is 520 g/mol. The molecule has 0 fully saturated rings. The minimum atomic E-state index is -4.41. The third kappa shape index (κ3) is 4.59. The zero-order valence-corrected chi connectivity index (χ0v) is 22.2. The number of fused-ring (bicyclic) bond motifs is 3. The van der Waals surface area contributed by atoms with Gasteiger partial charge in [-0.05, 0) is 53.9 Å². The lowest BCUT2D eigenvalue weighted by molar-refractivity contribution is -0.204. The van der Waals surface area contributed by atoms with Crippen LogP contribution < -0.4 is 5.19 Å². The van der Waals surface area contributed by atoms with Gasteiger partial charge in [-0.25, -0.2) is 0 Å². The molecule has 0 N–H and O–H groups in total. The van der Waals surface area contributed by atoms with Crippen molar-refractivity contribution in [3.8, 4) is 22.4 Å². The molecule has 190 valence electrons. The summed E-state index contributed by atoms with van der Waals surface area (Å²) in [6, 6.07) is 23.2. The van der Waals surface area contributed by atoms with Crippen LogP contribution in [0.3, 0.4) is 0 Å². The quantitative estimate of drug-likeness (QED) is 0.216. The van der Waals surface area contributed by atoms with Crippen molar-refractivity contribution in [2.45, 2.75) is 46.0 Å². The summed E-state index contributed by atoms with van der Waals surface area (Å²) in [5.74, 6) is 0. The van der Waals surface area contributed by atoms with Crippen LogP contribution in [0.25, 0.3) is 44.3 Å². The van der Waals surface area contributed by atoms with Crippen molar-refractivity contribution in [1.29, 1.82) is 0 Å². The topological polar surface area (TPSA) is 26.0 Å². The van der Waals surface area contributed by atoms with E-state index < -0.39 is 26.5 Å². The summed E-state index contributed by atoms with van der Waals surface area (Å²) in [6.45, 7) is 3.44. The van der Waals surface area contributed by atoms with Crippen LogP contribution in [0.5, 0.6) is 0 Å². The van der Waals surface area contributed by atoms with E-state index in [0.29, 0.717) is 27.6 Å². The largest absolute Gasteiger partial charge is 0.455 e. The lowest BCUT2D eigenvalue weighted by Gasteiger charge is -2.36. The van der Waals surface area contributed by atoms with Crippen molar-refractivity contribution in [2.24, 2.45) is 5.41 Å². The molecule has 5 aromatic rings. The molecule has 0 saturated carbocycles. The summed E-state index contributed by atoms with van der Waals surface area (Å²) in [5, 5.41) is 2.26. The maximum absolute atomic E-state index is 13.9. The van der Waals surface area contributed by atoms with E-state index in [-0.39, 0.29) is 11.6 Å². The van der Waals surface area contributed by atoms with E-state index in [2.05, 4.69) is 4.98 Å². The van der Waals surface area contributed by atoms with Crippen molar-refractivity contribution in [3.05, 3.63) is 84.6 Å². The van der Waals surface area contributed by atoms with Crippen molar-refractivity contribution >= 4 is 35.2 Å². The SMILES string of the molecule is [2H]C([2H])([2H])c1cnc(-c2cccc3c2oc2cc(-c4ccccc4)ccc23)cc1[Si](C)(C)CC(C)(C)C(F)(F)F. The van der Waals surface area contributed by atoms with Gasteiger partial charge in [-0.3, -0.25) is 4.98 Å². The van der Waals surface area contributed by atoms with Gasteiger partial charge in [-0.1, -0.05) is 80.7 Å². The summed E-state index contributed by atoms with van der Waals surface area (Å²) in [7, 11) is -2.94. The van der Waals surface area contributed by atoms with Crippen LogP contribution in [0, 0.1) is 12.3 Å². The molecule has 0 aliphatic heterocycles. The van der Waals surface area contributed by atoms with Crippen LogP contribution in [0.4, 0.5) is 13.2 Å². The zero-order valence-electron chi connectivity index (χ0n) is 24.2. The summed E-state index contributed by atoms with van der Waals surface area (Å²) >= 11 is 0. The number of benzene rings is 3. The van der Waals surface area contributed by atoms with E-state index in [1.165, 1.54) is 20.0 Å². The molecule has 0 aliphatic carbocycles. The minimum absolute atomic E-state index is 0.00942. The highest BCUT2D eigenvalue weighted by Gasteiger charge is 2.50. The molecule has 3 aromatic carbocycles. The standard InChI is InChI=1S/C31H30F3NOSi/c1-20-18-35-26(17-28(20)37(4,5)19-30(2,3)31(32,33)34)25-13-9-12-24-23-15-14-22(16-27(23)36-29(24)25)21-10-7-6-8-11-21/h6-18H,19H2,1-5H3/i1D3. The number of para-hydroxylation sites is 1. The van der Waals surface area contributed by atoms with Crippen LogP contribution in [0.15, 0.2) is 83.4 Å². The van der Waals surface area contributed by atoms with Crippen molar-refractivity contribution < 1.29 is 21.7 Å². The third-order valence-electron chi connectivity index (χ3n) is 7.17. The van der Waals surface area contributed by atoms with Gasteiger partial charge < -0.3 is 4.42 Å². The summed E-state index contributed by atoms with van der Waals surface area (Å²) in [5.41, 5.74) is 2.54. The van der Waals surface area contributed by atoms with E-state index in [4.69, 9.17) is 8.53 Å². The van der Waals surface area contributed by atoms with Crippen molar-refractivity contribution in [2.75, 3.05) is 0 Å². The zero-order chi connectivity index (χ0) is 29.1. The lowest BCUT2D eigenvalue weighted by Crippen LogP contribution is -2.49. The number of rotatable bonds is 5. The molecular formula is C31H30F3NOSi. The van der Waals surface area contributed by atoms with Crippen molar-refractivity contribution in [1.82, 2.24) is 4.98 Å². The van der Waals surface area contributed by atoms with Gasteiger partial charge in [-0.15, -0.1) is 0 Å². The van der Waals surface area contributed by atoms with Gasteiger partial charge in [0.25, 0.3) is 0 Å². The highest BCUT2D eigenvalue weighted by Crippen LogP contribution is 2.44. The molecule has 37 heavy (non-hydrogen) atoms. The molecule has 2 aromatic heterocycles. The molecule has 0 spiro atoms. The number of nitrogens with zero attached hydrogens (tertiary/aromatic N) is 1. The first-order valence-electron chi connectivity index (χ1n) is 13.7. The Kier molecular flexibility index (Phi) is 5.20. The van der Waals surface area contributed by atoms with E-state index in [1.807, 2.05) is 66.7 Å². The molecular weight excluding hydrogens is 487 g/mol. The molecule has 0 radical (unpaired) electrons. The minimum Gasteiger partial charge on any atom is -0.455 e. The molecule has 0 aliphatic rings. The van der Waals surface area contributed by atoms with Crippen LogP contribution in [0.2, 0.25) is 19.1 Å². The third-order valence-corrected chi connectivity index (χ3v) is 10.8. The molecule has 0 atom stereocenters. The van der Waals surface area contributed by atoms with Gasteiger partial charge in [0.2, 0.25) is 0 Å². The Bertz CT molecular complexity index is 1710. The van der Waals surface area contributed by atoms with Crippen LogP contribution in [0.1, 0.15) is 23.5 Å². The van der Waals surface area contributed by atoms with E-state index in [9.17, 15) is 13.2 Å². The Balaban J connectivity index is 1.67. The summed E-state index contributed by atoms with van der Waals surface area (Å²) in [4.78, 5) is 4.50. The molecule has 0 amide bonds. The Morgan fingerprint density at radius 2 is 1.65 bits per heavy atom. The number of aromatic nitrogens is 1. The molecule has 2 heterocycles. The number of hydrogen-bond acceptors (Lipinski definition) is 2. The number of alkyl halides is 3. The first-order valence-corrected chi connectivity index (χ1v) is 15.4. The summed E-state index contributed by atoms with van der Waals surface area (Å²) < 4.78 is 72.2. The second-order valence-electron chi connectivity index (χ2n) is 10.9. The van der Waals surface area contributed by atoms with Gasteiger partial charge in [0.15, 0.2) is 0 Å². The van der Waals surface area contributed by atoms with E-state index in [1.54, 1.807) is 19.2 Å². The average Bonchev–Trinajstić information content (AvgIpc) is 3.25. The molecule has 0 saturated heterocycles. The Labute approximate surface area is 220 Å². The van der Waals surface area contributed by atoms with Crippen LogP contribution in [-0.2, 0) is 0 Å². The Morgan fingerprint density at radius 1 is 0.892 bits per heavy atom. The number of furan rings is 1. The van der Waals surface area contributed by atoms with Gasteiger partial charge >= 0.3 is 6.18 Å². The fourth-order valence-electron chi connectivity index (χ4n) is 5.27. The smallest absolute Gasteiger partial charge is 0.393 e. The molecule has 5 rings (SSSR count). The molecule has 6 heteroatoms. The highest BCUT2D eigenvalue weighted by atomic mass is 28.3. The average molecular weight is 521 g/mol. The first-order chi connectivity index (χ1) is 18.6. The van der Waals surface area contributed by atoms with Crippen LogP contribution in [-0.4, -0.2) is 19.2 Å². The Hall–Kier alpha value is -3.38. The maximum Gasteiger partial charge on any atom is 0.393 e. The summed E-state index contributed by atoms with van der Waals surface area (Å²) in [6.07, 6.45) is -3.10. The number of pyridine rings is 1. The van der Waals surface area contributed by atoms with Gasteiger partial charge in [-0.2, -0.15) is 13.2 Å². The fourth-order valence-corrected chi connectivity index (χ4v) is 9.19. The predicted molar refractivity (Wildman–Crippen MR) is 149 cm³/mol. The first kappa shape index (κ1) is 21.7. The maximum atomic E-state index is 13.9. The number of halogens is 3. The van der Waals surface area contributed by atoms with Gasteiger partial charge in [0, 0.05) is 26.6 Å². The van der Waals surface area contributed by atoms with Crippen molar-refractivity contribution in [3.63, 3.8) is 0 Å². The van der Waals surface area contributed by atoms with E-state index >= 15 is 0 Å². The van der Waals surface area contributed by atoms with Crippen LogP contribution >= 0.6 is 0 Å². The lowest BCUT2D eigenvalue weighted by atomic mass is 9.96. The highest BCUT2D eigenvalue weighted by molar-refractivity contribution is 6.90. The van der Waals surface area contributed by atoms with Gasteiger partial charge in [0.1, 0.15) is 11.2 Å². The van der Waals surface area contributed by atoms with E-state index in [0.717, 1.165) is 21.9 Å². The molecule has 2 nitrogen and oxygen atoms in total. The molecule has 0 unspecified atom stereocenters. The molecule has 0 bridgehead atoms. The predicted octanol–water partition coefficient (Wildman–Crippen LogP) is 9.13. The Morgan fingerprint density at radius 3 is 2.35 bits per heavy atom. The second-order valence-corrected chi connectivity index (χ2v) is 15.6. The number of aryl methyl sites for hydroxylation is 1. The second kappa shape index (κ2) is 8.87. The number of hydrogen-bond donors (Lipinski definition) is 0.